The molecular weight excluding hydrogens is 338 g/mol. The summed E-state index contributed by atoms with van der Waals surface area (Å²) in [5, 5.41) is 7.92. The number of hydrogen-bond donors (Lipinski definition) is 2. The normalized spacial score (nSPS) is 18.9. The minimum Gasteiger partial charge on any atom is -0.376 e. The topological polar surface area (TPSA) is 45.7 Å². The Kier molecular flexibility index (Phi) is 5.94. The van der Waals surface area contributed by atoms with E-state index in [2.05, 4.69) is 31.8 Å². The molecule has 4 nitrogen and oxygen atoms in total. The van der Waals surface area contributed by atoms with Crippen LogP contribution in [-0.2, 0) is 4.74 Å². The Hall–Kier alpha value is -0.980. The Morgan fingerprint density at radius 1 is 1.45 bits per heavy atom. The van der Waals surface area contributed by atoms with Gasteiger partial charge in [0, 0.05) is 17.6 Å². The maximum Gasteiger partial charge on any atom is 0.187 e. The van der Waals surface area contributed by atoms with E-state index in [1.165, 1.54) is 0 Å². The fourth-order valence-corrected chi connectivity index (χ4v) is 2.33. The van der Waals surface area contributed by atoms with Crippen molar-refractivity contribution < 1.29 is 4.74 Å². The van der Waals surface area contributed by atoms with E-state index in [4.69, 9.17) is 17.0 Å². The van der Waals surface area contributed by atoms with Crippen molar-refractivity contribution in [1.29, 1.82) is 0 Å². The molecule has 0 bridgehead atoms. The van der Waals surface area contributed by atoms with Crippen LogP contribution in [0.5, 0.6) is 0 Å². The zero-order valence-corrected chi connectivity index (χ0v) is 13.8. The van der Waals surface area contributed by atoms with E-state index in [1.54, 1.807) is 0 Å². The molecule has 20 heavy (non-hydrogen) atoms. The van der Waals surface area contributed by atoms with Gasteiger partial charge in [-0.1, -0.05) is 28.1 Å². The quantitative estimate of drug-likeness (QED) is 0.495. The first kappa shape index (κ1) is 15.4. The molecule has 0 spiro atoms. The lowest BCUT2D eigenvalue weighted by Crippen LogP contribution is -2.37. The largest absolute Gasteiger partial charge is 0.376 e. The molecule has 0 aromatic heterocycles. The second-order valence-corrected chi connectivity index (χ2v) is 5.98. The van der Waals surface area contributed by atoms with Crippen LogP contribution >= 0.6 is 28.1 Å². The van der Waals surface area contributed by atoms with Crippen LogP contribution in [0.2, 0.25) is 0 Å². The highest BCUT2D eigenvalue weighted by Gasteiger charge is 2.15. The molecule has 1 aliphatic heterocycles. The smallest absolute Gasteiger partial charge is 0.187 e. The van der Waals surface area contributed by atoms with E-state index < -0.39 is 0 Å². The Labute approximate surface area is 133 Å². The van der Waals surface area contributed by atoms with Crippen LogP contribution in [0.3, 0.4) is 0 Å². The van der Waals surface area contributed by atoms with E-state index >= 15 is 0 Å². The molecule has 1 aliphatic rings. The van der Waals surface area contributed by atoms with Crippen molar-refractivity contribution in [2.75, 3.05) is 13.2 Å². The molecule has 1 saturated heterocycles. The predicted octanol–water partition coefficient (Wildman–Crippen LogP) is 2.82. The first-order valence-electron chi connectivity index (χ1n) is 6.61. The van der Waals surface area contributed by atoms with Gasteiger partial charge in [-0.2, -0.15) is 5.10 Å². The van der Waals surface area contributed by atoms with Crippen LogP contribution in [0.4, 0.5) is 0 Å². The highest BCUT2D eigenvalue weighted by Crippen LogP contribution is 2.11. The first-order chi connectivity index (χ1) is 9.65. The number of nitrogens with one attached hydrogen (secondary N) is 2. The minimum absolute atomic E-state index is 0.270. The molecule has 1 aromatic rings. The molecule has 0 saturated carbocycles. The summed E-state index contributed by atoms with van der Waals surface area (Å²) in [6.07, 6.45) is 2.50. The molecule has 2 rings (SSSR count). The Balaban J connectivity index is 1.78. The van der Waals surface area contributed by atoms with Gasteiger partial charge in [-0.25, -0.2) is 0 Å². The molecule has 2 N–H and O–H groups in total. The van der Waals surface area contributed by atoms with Gasteiger partial charge in [0.15, 0.2) is 5.11 Å². The van der Waals surface area contributed by atoms with Gasteiger partial charge in [0.05, 0.1) is 11.8 Å². The van der Waals surface area contributed by atoms with Gasteiger partial charge in [-0.3, -0.25) is 5.43 Å². The molecule has 1 atom stereocenters. The fraction of sp³-hybridized carbons (Fsp3) is 0.429. The van der Waals surface area contributed by atoms with Crippen LogP contribution in [-0.4, -0.2) is 30.1 Å². The third kappa shape index (κ3) is 4.85. The molecule has 1 fully saturated rings. The van der Waals surface area contributed by atoms with Crippen LogP contribution < -0.4 is 10.7 Å². The predicted molar refractivity (Wildman–Crippen MR) is 89.1 cm³/mol. The van der Waals surface area contributed by atoms with Crippen LogP contribution in [0.25, 0.3) is 0 Å². The van der Waals surface area contributed by atoms with E-state index in [0.29, 0.717) is 5.11 Å². The fourth-order valence-electron chi connectivity index (χ4n) is 1.94. The summed E-state index contributed by atoms with van der Waals surface area (Å²) >= 11 is 8.60. The lowest BCUT2D eigenvalue weighted by atomic mass is 10.1. The number of thiocarbonyl (C=S) groups is 1. The summed E-state index contributed by atoms with van der Waals surface area (Å²) in [6, 6.07) is 7.99. The van der Waals surface area contributed by atoms with Gasteiger partial charge in [-0.05, 0) is 49.7 Å². The van der Waals surface area contributed by atoms with Gasteiger partial charge < -0.3 is 10.1 Å². The lowest BCUT2D eigenvalue weighted by Gasteiger charge is -2.12. The summed E-state index contributed by atoms with van der Waals surface area (Å²) in [7, 11) is 0. The highest BCUT2D eigenvalue weighted by atomic mass is 79.9. The Bertz CT molecular complexity index is 484. The Morgan fingerprint density at radius 2 is 2.20 bits per heavy atom. The van der Waals surface area contributed by atoms with Gasteiger partial charge >= 0.3 is 0 Å². The third-order valence-electron chi connectivity index (χ3n) is 3.10. The van der Waals surface area contributed by atoms with E-state index in [1.807, 2.05) is 31.2 Å². The van der Waals surface area contributed by atoms with Crippen molar-refractivity contribution >= 4 is 39.0 Å². The van der Waals surface area contributed by atoms with Gasteiger partial charge in [0.2, 0.25) is 0 Å². The summed E-state index contributed by atoms with van der Waals surface area (Å²) in [4.78, 5) is 0. The second-order valence-electron chi connectivity index (χ2n) is 4.66. The summed E-state index contributed by atoms with van der Waals surface area (Å²) in [6.45, 7) is 3.53. The number of hydrogen-bond acceptors (Lipinski definition) is 3. The SMILES string of the molecule is C/C(=N\NC(=S)NCC1CCCO1)c1ccc(Br)cc1. The summed E-state index contributed by atoms with van der Waals surface area (Å²) < 4.78 is 6.57. The van der Waals surface area contributed by atoms with Crippen molar-refractivity contribution in [3.05, 3.63) is 34.3 Å². The van der Waals surface area contributed by atoms with E-state index in [-0.39, 0.29) is 6.10 Å². The number of nitrogens with zero attached hydrogens (tertiary/aromatic N) is 1. The Morgan fingerprint density at radius 3 is 2.85 bits per heavy atom. The van der Waals surface area contributed by atoms with Crippen molar-refractivity contribution in [3.8, 4) is 0 Å². The second kappa shape index (κ2) is 7.71. The molecule has 0 aliphatic carbocycles. The molecule has 1 aromatic carbocycles. The molecule has 6 heteroatoms. The van der Waals surface area contributed by atoms with E-state index in [0.717, 1.165) is 41.7 Å². The number of ether oxygens (including phenoxy) is 1. The summed E-state index contributed by atoms with van der Waals surface area (Å²) in [5.74, 6) is 0. The third-order valence-corrected chi connectivity index (χ3v) is 3.87. The highest BCUT2D eigenvalue weighted by molar-refractivity contribution is 9.10. The maximum absolute atomic E-state index is 5.52. The molecular formula is C14H18BrN3OS. The van der Waals surface area contributed by atoms with Gasteiger partial charge in [0.1, 0.15) is 0 Å². The van der Waals surface area contributed by atoms with Crippen LogP contribution in [0.1, 0.15) is 25.3 Å². The van der Waals surface area contributed by atoms with Gasteiger partial charge in [0.25, 0.3) is 0 Å². The van der Waals surface area contributed by atoms with Crippen LogP contribution in [0, 0.1) is 0 Å². The van der Waals surface area contributed by atoms with Crippen molar-refractivity contribution in [3.63, 3.8) is 0 Å². The molecule has 0 radical (unpaired) electrons. The van der Waals surface area contributed by atoms with E-state index in [9.17, 15) is 0 Å². The van der Waals surface area contributed by atoms with Crippen molar-refractivity contribution in [1.82, 2.24) is 10.7 Å². The minimum atomic E-state index is 0.270. The average Bonchev–Trinajstić information content (AvgIpc) is 2.96. The zero-order valence-electron chi connectivity index (χ0n) is 11.4. The summed E-state index contributed by atoms with van der Waals surface area (Å²) in [5.41, 5.74) is 4.81. The molecule has 108 valence electrons. The van der Waals surface area contributed by atoms with Crippen molar-refractivity contribution in [2.24, 2.45) is 5.10 Å². The lowest BCUT2D eigenvalue weighted by molar-refractivity contribution is 0.114. The number of benzene rings is 1. The zero-order chi connectivity index (χ0) is 14.4. The maximum atomic E-state index is 5.52. The number of rotatable bonds is 4. The molecule has 1 heterocycles. The molecule has 1 unspecified atom stereocenters. The average molecular weight is 356 g/mol. The first-order valence-corrected chi connectivity index (χ1v) is 7.81. The van der Waals surface area contributed by atoms with Crippen molar-refractivity contribution in [2.45, 2.75) is 25.9 Å². The van der Waals surface area contributed by atoms with Crippen LogP contribution in [0.15, 0.2) is 33.8 Å². The molecule has 0 amide bonds. The number of hydrazone groups is 1. The number of halogens is 1. The van der Waals surface area contributed by atoms with Gasteiger partial charge in [-0.15, -0.1) is 0 Å². The monoisotopic (exact) mass is 355 g/mol. The standard InChI is InChI=1S/C14H18BrN3OS/c1-10(11-4-6-12(15)7-5-11)17-18-14(20)16-9-13-3-2-8-19-13/h4-7,13H,2-3,8-9H2,1H3,(H2,16,18,20)/b17-10+.